The molecule has 0 amide bonds. The van der Waals surface area contributed by atoms with Crippen molar-refractivity contribution in [3.05, 3.63) is 223 Å². The average molecular weight is 756 g/mol. The zero-order chi connectivity index (χ0) is 39.5. The Labute approximate surface area is 345 Å². The smallest absolute Gasteiger partial charge is 0.136 e. The van der Waals surface area contributed by atoms with Crippen molar-refractivity contribution in [1.82, 2.24) is 0 Å². The van der Waals surface area contributed by atoms with Gasteiger partial charge in [0.25, 0.3) is 0 Å². The lowest BCUT2D eigenvalue weighted by atomic mass is 9.82. The number of fused-ring (bicyclic) bond motifs is 6. The molecule has 0 atom stereocenters. The Morgan fingerprint density at radius 1 is 0.339 bits per heavy atom. The highest BCUT2D eigenvalue weighted by Gasteiger charge is 2.37. The summed E-state index contributed by atoms with van der Waals surface area (Å²) in [5, 5.41) is 2.25. The molecule has 1 aromatic heterocycles. The van der Waals surface area contributed by atoms with Gasteiger partial charge in [-0.25, -0.2) is 0 Å². The van der Waals surface area contributed by atoms with Crippen molar-refractivity contribution in [2.75, 3.05) is 4.90 Å². The topological polar surface area (TPSA) is 16.4 Å². The second kappa shape index (κ2) is 13.9. The van der Waals surface area contributed by atoms with Gasteiger partial charge in [-0.15, -0.1) is 0 Å². The molecule has 0 radical (unpaired) electrons. The van der Waals surface area contributed by atoms with Crippen LogP contribution in [0.15, 0.2) is 217 Å². The Kier molecular flexibility index (Phi) is 8.20. The lowest BCUT2D eigenvalue weighted by Gasteiger charge is -2.32. The Morgan fingerprint density at radius 3 is 1.59 bits per heavy atom. The van der Waals surface area contributed by atoms with Gasteiger partial charge in [-0.3, -0.25) is 0 Å². The fraction of sp³-hybridized carbons (Fsp3) is 0.0526. The summed E-state index contributed by atoms with van der Waals surface area (Å²) >= 11 is 0. The Hall–Kier alpha value is -7.42. The van der Waals surface area contributed by atoms with Crippen LogP contribution in [-0.4, -0.2) is 0 Å². The number of benzene rings is 9. The van der Waals surface area contributed by atoms with Crippen LogP contribution < -0.4 is 4.90 Å². The summed E-state index contributed by atoms with van der Waals surface area (Å²) in [4.78, 5) is 2.50. The normalized spacial score (nSPS) is 12.7. The minimum atomic E-state index is -0.119. The van der Waals surface area contributed by atoms with Gasteiger partial charge in [-0.1, -0.05) is 190 Å². The number of nitrogens with zero attached hydrogens (tertiary/aromatic N) is 1. The first-order valence-electron chi connectivity index (χ1n) is 20.4. The average Bonchev–Trinajstić information content (AvgIpc) is 3.79. The summed E-state index contributed by atoms with van der Waals surface area (Å²) in [5.74, 6) is 0. The van der Waals surface area contributed by atoms with Gasteiger partial charge in [0.2, 0.25) is 0 Å². The van der Waals surface area contributed by atoms with Gasteiger partial charge in [-0.2, -0.15) is 0 Å². The minimum absolute atomic E-state index is 0.119. The molecular weight excluding hydrogens is 715 g/mol. The summed E-state index contributed by atoms with van der Waals surface area (Å²) in [6.45, 7) is 4.71. The van der Waals surface area contributed by atoms with Gasteiger partial charge in [0.05, 0.1) is 17.1 Å². The second-order valence-corrected chi connectivity index (χ2v) is 16.0. The zero-order valence-corrected chi connectivity index (χ0v) is 33.1. The predicted octanol–water partition coefficient (Wildman–Crippen LogP) is 16.0. The molecule has 0 fully saturated rings. The molecule has 0 aliphatic heterocycles. The van der Waals surface area contributed by atoms with Crippen LogP contribution in [0.25, 0.3) is 77.6 Å². The molecule has 10 aromatic rings. The van der Waals surface area contributed by atoms with Crippen molar-refractivity contribution >= 4 is 39.0 Å². The van der Waals surface area contributed by atoms with Gasteiger partial charge in [0, 0.05) is 32.9 Å². The van der Waals surface area contributed by atoms with E-state index in [1.807, 2.05) is 12.1 Å². The quantitative estimate of drug-likeness (QED) is 0.161. The maximum atomic E-state index is 6.47. The monoisotopic (exact) mass is 755 g/mol. The fourth-order valence-electron chi connectivity index (χ4n) is 9.55. The van der Waals surface area contributed by atoms with E-state index in [4.69, 9.17) is 4.42 Å². The van der Waals surface area contributed by atoms with E-state index in [1.165, 1.54) is 50.1 Å². The molecule has 59 heavy (non-hydrogen) atoms. The van der Waals surface area contributed by atoms with Crippen LogP contribution in [0.5, 0.6) is 0 Å². The van der Waals surface area contributed by atoms with Crippen LogP contribution in [0.4, 0.5) is 17.1 Å². The summed E-state index contributed by atoms with van der Waals surface area (Å²) in [7, 11) is 0. The van der Waals surface area contributed by atoms with Crippen molar-refractivity contribution in [1.29, 1.82) is 0 Å². The van der Waals surface area contributed by atoms with Crippen LogP contribution in [0.3, 0.4) is 0 Å². The molecule has 1 heterocycles. The zero-order valence-electron chi connectivity index (χ0n) is 33.1. The predicted molar refractivity (Wildman–Crippen MR) is 248 cm³/mol. The Bertz CT molecular complexity index is 3210. The molecule has 2 heteroatoms. The number of hydrogen-bond donors (Lipinski definition) is 0. The SMILES string of the molecule is CC1(C)c2ccccc2-c2c(-c3ccccc3N(c3ccccc3-c3ccc4c(c3)oc3ccccc34)c3ccccc3-c3ccccc3-c3ccccc3)cccc21. The number of hydrogen-bond acceptors (Lipinski definition) is 2. The highest BCUT2D eigenvalue weighted by atomic mass is 16.3. The molecule has 11 rings (SSSR count). The van der Waals surface area contributed by atoms with Crippen LogP contribution in [-0.2, 0) is 5.41 Å². The summed E-state index contributed by atoms with van der Waals surface area (Å²) in [6, 6.07) is 76.9. The fourth-order valence-corrected chi connectivity index (χ4v) is 9.55. The number of rotatable bonds is 7. The molecule has 9 aromatic carbocycles. The lowest BCUT2D eigenvalue weighted by Crippen LogP contribution is -2.15. The van der Waals surface area contributed by atoms with Gasteiger partial charge in [0.1, 0.15) is 11.2 Å². The van der Waals surface area contributed by atoms with Crippen molar-refractivity contribution in [3.8, 4) is 55.6 Å². The van der Waals surface area contributed by atoms with Gasteiger partial charge in [-0.05, 0) is 86.5 Å². The molecule has 0 spiro atoms. The van der Waals surface area contributed by atoms with Crippen LogP contribution in [0.1, 0.15) is 25.0 Å². The molecule has 1 aliphatic rings. The van der Waals surface area contributed by atoms with E-state index in [9.17, 15) is 0 Å². The Morgan fingerprint density at radius 2 is 0.847 bits per heavy atom. The lowest BCUT2D eigenvalue weighted by molar-refractivity contribution is 0.660. The molecule has 0 bridgehead atoms. The second-order valence-electron chi connectivity index (χ2n) is 16.0. The van der Waals surface area contributed by atoms with Gasteiger partial charge in [0.15, 0.2) is 0 Å². The molecule has 1 aliphatic carbocycles. The largest absolute Gasteiger partial charge is 0.456 e. The van der Waals surface area contributed by atoms with E-state index in [2.05, 4.69) is 219 Å². The molecular formula is C57H41NO. The van der Waals surface area contributed by atoms with E-state index in [-0.39, 0.29) is 5.41 Å². The van der Waals surface area contributed by atoms with Crippen molar-refractivity contribution in [3.63, 3.8) is 0 Å². The van der Waals surface area contributed by atoms with Gasteiger partial charge >= 0.3 is 0 Å². The third-order valence-corrected chi connectivity index (χ3v) is 12.3. The van der Waals surface area contributed by atoms with Gasteiger partial charge < -0.3 is 9.32 Å². The maximum absolute atomic E-state index is 6.47. The third-order valence-electron chi connectivity index (χ3n) is 12.3. The molecule has 280 valence electrons. The first-order chi connectivity index (χ1) is 29.1. The number of anilines is 3. The van der Waals surface area contributed by atoms with Crippen LogP contribution in [0.2, 0.25) is 0 Å². The standard InChI is InChI=1S/C57H41NO/c1-57(2)49-29-13-8-27-48(49)56-47(28-18-30-50(56)57)44-25-11-16-33-53(44)58(52-32-15-10-24-43(52)42-23-7-6-21-40(42)38-19-4-3-5-20-38)51-31-14-9-22-41(51)39-35-36-46-45-26-12-17-34-54(45)59-55(46)37-39/h3-37H,1-2H3. The minimum Gasteiger partial charge on any atom is -0.456 e. The molecule has 0 saturated carbocycles. The van der Waals surface area contributed by atoms with E-state index in [0.717, 1.165) is 55.7 Å². The van der Waals surface area contributed by atoms with Crippen LogP contribution in [0, 0.1) is 0 Å². The van der Waals surface area contributed by atoms with E-state index in [0.29, 0.717) is 0 Å². The first kappa shape index (κ1) is 34.8. The number of para-hydroxylation sites is 4. The first-order valence-corrected chi connectivity index (χ1v) is 20.4. The molecule has 2 nitrogen and oxygen atoms in total. The molecule has 0 N–H and O–H groups in total. The van der Waals surface area contributed by atoms with Crippen molar-refractivity contribution in [2.24, 2.45) is 0 Å². The van der Waals surface area contributed by atoms with E-state index < -0.39 is 0 Å². The summed E-state index contributed by atoms with van der Waals surface area (Å²) in [5.41, 5.74) is 19.6. The highest BCUT2D eigenvalue weighted by Crippen LogP contribution is 2.55. The van der Waals surface area contributed by atoms with Crippen molar-refractivity contribution < 1.29 is 4.42 Å². The van der Waals surface area contributed by atoms with E-state index in [1.54, 1.807) is 0 Å². The summed E-state index contributed by atoms with van der Waals surface area (Å²) in [6.07, 6.45) is 0. The third kappa shape index (κ3) is 5.63. The molecule has 0 unspecified atom stereocenters. The highest BCUT2D eigenvalue weighted by molar-refractivity contribution is 6.07. The maximum Gasteiger partial charge on any atom is 0.136 e. The van der Waals surface area contributed by atoms with E-state index >= 15 is 0 Å². The number of furan rings is 1. The Balaban J connectivity index is 1.19. The van der Waals surface area contributed by atoms with Crippen LogP contribution >= 0.6 is 0 Å². The summed E-state index contributed by atoms with van der Waals surface area (Å²) < 4.78 is 6.47. The van der Waals surface area contributed by atoms with Crippen molar-refractivity contribution in [2.45, 2.75) is 19.3 Å². The molecule has 0 saturated heterocycles.